The van der Waals surface area contributed by atoms with Crippen molar-refractivity contribution >= 4 is 5.91 Å². The number of nitrogens with zero attached hydrogens (tertiary/aromatic N) is 1. The van der Waals surface area contributed by atoms with Crippen molar-refractivity contribution in [1.29, 1.82) is 0 Å². The summed E-state index contributed by atoms with van der Waals surface area (Å²) in [4.78, 5) is 14.5. The fourth-order valence-corrected chi connectivity index (χ4v) is 3.26. The van der Waals surface area contributed by atoms with Gasteiger partial charge in [-0.2, -0.15) is 0 Å². The van der Waals surface area contributed by atoms with Crippen molar-refractivity contribution < 1.29 is 9.53 Å². The molecule has 0 aromatic rings. The number of nitrogens with two attached hydrogens (primary N) is 1. The zero-order chi connectivity index (χ0) is 13.1. The minimum Gasteiger partial charge on any atom is -0.381 e. The molecule has 1 amide bonds. The van der Waals surface area contributed by atoms with E-state index in [0.29, 0.717) is 17.9 Å². The molecule has 2 rings (SSSR count). The van der Waals surface area contributed by atoms with Gasteiger partial charge >= 0.3 is 0 Å². The molecular formula is C14H26N2O2. The third-order valence-electron chi connectivity index (χ3n) is 4.77. The summed E-state index contributed by atoms with van der Waals surface area (Å²) in [5, 5.41) is 0. The molecule has 1 saturated heterocycles. The van der Waals surface area contributed by atoms with Crippen molar-refractivity contribution in [2.45, 2.75) is 51.1 Å². The minimum absolute atomic E-state index is 0.126. The van der Waals surface area contributed by atoms with Gasteiger partial charge in [0.15, 0.2) is 0 Å². The molecule has 2 N–H and O–H groups in total. The molecule has 104 valence electrons. The second-order valence-corrected chi connectivity index (χ2v) is 5.85. The molecule has 0 aromatic carbocycles. The zero-order valence-corrected chi connectivity index (χ0v) is 11.6. The maximum Gasteiger partial charge on any atom is 0.226 e. The van der Waals surface area contributed by atoms with E-state index in [4.69, 9.17) is 10.5 Å². The molecule has 0 aromatic heterocycles. The van der Waals surface area contributed by atoms with Gasteiger partial charge in [-0.15, -0.1) is 0 Å². The third kappa shape index (κ3) is 2.86. The Morgan fingerprint density at radius 3 is 2.56 bits per heavy atom. The molecule has 4 nitrogen and oxygen atoms in total. The van der Waals surface area contributed by atoms with Crippen LogP contribution in [0.3, 0.4) is 0 Å². The molecule has 0 radical (unpaired) electrons. The van der Waals surface area contributed by atoms with Crippen LogP contribution in [0.1, 0.15) is 39.0 Å². The van der Waals surface area contributed by atoms with E-state index in [-0.39, 0.29) is 12.0 Å². The highest BCUT2D eigenvalue weighted by molar-refractivity contribution is 5.79. The first kappa shape index (κ1) is 13.8. The maximum atomic E-state index is 12.6. The predicted octanol–water partition coefficient (Wildman–Crippen LogP) is 1.39. The Labute approximate surface area is 110 Å². The highest BCUT2D eigenvalue weighted by atomic mass is 16.5. The van der Waals surface area contributed by atoms with Gasteiger partial charge in [-0.05, 0) is 31.6 Å². The molecule has 1 aliphatic heterocycles. The molecule has 1 heterocycles. The topological polar surface area (TPSA) is 55.6 Å². The second-order valence-electron chi connectivity index (χ2n) is 5.85. The molecule has 3 unspecified atom stereocenters. The summed E-state index contributed by atoms with van der Waals surface area (Å²) in [6, 6.07) is 0.549. The number of amides is 1. The van der Waals surface area contributed by atoms with Crippen molar-refractivity contribution in [1.82, 2.24) is 4.90 Å². The summed E-state index contributed by atoms with van der Waals surface area (Å²) in [7, 11) is 1.95. The number of carbonyl (C=O) groups is 1. The Bertz CT molecular complexity index is 290. The van der Waals surface area contributed by atoms with E-state index in [1.165, 1.54) is 0 Å². The summed E-state index contributed by atoms with van der Waals surface area (Å²) >= 11 is 0. The van der Waals surface area contributed by atoms with Crippen molar-refractivity contribution in [3.05, 3.63) is 0 Å². The standard InChI is InChI=1S/C14H26N2O2/c1-10-12(4-3-5-13(10)15)14(17)16(2)11-6-8-18-9-7-11/h10-13H,3-9,15H2,1-2H3. The highest BCUT2D eigenvalue weighted by Crippen LogP contribution is 2.31. The molecule has 18 heavy (non-hydrogen) atoms. The smallest absolute Gasteiger partial charge is 0.226 e. The Morgan fingerprint density at radius 2 is 1.89 bits per heavy atom. The van der Waals surface area contributed by atoms with Gasteiger partial charge in [0.2, 0.25) is 5.91 Å². The monoisotopic (exact) mass is 254 g/mol. The van der Waals surface area contributed by atoms with Gasteiger partial charge in [-0.25, -0.2) is 0 Å². The summed E-state index contributed by atoms with van der Waals surface area (Å²) in [5.74, 6) is 0.736. The Kier molecular flexibility index (Phi) is 4.62. The van der Waals surface area contributed by atoms with E-state index in [9.17, 15) is 4.79 Å². The van der Waals surface area contributed by atoms with Gasteiger partial charge in [-0.3, -0.25) is 4.79 Å². The van der Waals surface area contributed by atoms with Gasteiger partial charge in [-0.1, -0.05) is 13.3 Å². The molecule has 3 atom stereocenters. The molecule has 4 heteroatoms. The fraction of sp³-hybridized carbons (Fsp3) is 0.929. The minimum atomic E-state index is 0.126. The van der Waals surface area contributed by atoms with E-state index >= 15 is 0 Å². The summed E-state index contributed by atoms with van der Waals surface area (Å²) in [6.45, 7) is 3.69. The predicted molar refractivity (Wildman–Crippen MR) is 71.1 cm³/mol. The number of hydrogen-bond donors (Lipinski definition) is 1. The SMILES string of the molecule is CC1C(N)CCCC1C(=O)N(C)C1CCOCC1. The van der Waals surface area contributed by atoms with E-state index in [1.807, 2.05) is 11.9 Å². The van der Waals surface area contributed by atoms with Crippen LogP contribution in [0.4, 0.5) is 0 Å². The van der Waals surface area contributed by atoms with Crippen molar-refractivity contribution in [3.8, 4) is 0 Å². The van der Waals surface area contributed by atoms with Crippen molar-refractivity contribution in [2.75, 3.05) is 20.3 Å². The lowest BCUT2D eigenvalue weighted by molar-refractivity contribution is -0.141. The van der Waals surface area contributed by atoms with Crippen LogP contribution in [0.15, 0.2) is 0 Å². The lowest BCUT2D eigenvalue weighted by Crippen LogP contribution is -2.48. The molecule has 1 aliphatic carbocycles. The van der Waals surface area contributed by atoms with Crippen molar-refractivity contribution in [3.63, 3.8) is 0 Å². The number of rotatable bonds is 2. The largest absolute Gasteiger partial charge is 0.381 e. The normalized spacial score (nSPS) is 34.3. The lowest BCUT2D eigenvalue weighted by Gasteiger charge is -2.38. The van der Waals surface area contributed by atoms with Gasteiger partial charge in [0.1, 0.15) is 0 Å². The molecule has 2 aliphatic rings. The number of carbonyl (C=O) groups excluding carboxylic acids is 1. The van der Waals surface area contributed by atoms with E-state index in [0.717, 1.165) is 45.3 Å². The molecular weight excluding hydrogens is 228 g/mol. The second kappa shape index (κ2) is 6.02. The zero-order valence-electron chi connectivity index (χ0n) is 11.6. The van der Waals surface area contributed by atoms with Gasteiger partial charge < -0.3 is 15.4 Å². The van der Waals surface area contributed by atoms with Gasteiger partial charge in [0.25, 0.3) is 0 Å². The number of ether oxygens (including phenoxy) is 1. The summed E-state index contributed by atoms with van der Waals surface area (Å²) in [5.41, 5.74) is 6.09. The molecule has 2 fully saturated rings. The summed E-state index contributed by atoms with van der Waals surface area (Å²) < 4.78 is 5.36. The third-order valence-corrected chi connectivity index (χ3v) is 4.77. The first-order valence-electron chi connectivity index (χ1n) is 7.21. The van der Waals surface area contributed by atoms with Crippen LogP contribution in [0.25, 0.3) is 0 Å². The average molecular weight is 254 g/mol. The summed E-state index contributed by atoms with van der Waals surface area (Å²) in [6.07, 6.45) is 5.08. The van der Waals surface area contributed by atoms with E-state index in [1.54, 1.807) is 0 Å². The highest BCUT2D eigenvalue weighted by Gasteiger charge is 2.36. The maximum absolute atomic E-state index is 12.6. The molecule has 0 bridgehead atoms. The lowest BCUT2D eigenvalue weighted by atomic mass is 9.76. The van der Waals surface area contributed by atoms with Crippen LogP contribution in [0.2, 0.25) is 0 Å². The Morgan fingerprint density at radius 1 is 1.22 bits per heavy atom. The van der Waals surface area contributed by atoms with Crippen LogP contribution in [-0.2, 0) is 9.53 Å². The van der Waals surface area contributed by atoms with E-state index in [2.05, 4.69) is 6.92 Å². The molecule has 0 spiro atoms. The van der Waals surface area contributed by atoms with Crippen molar-refractivity contribution in [2.24, 2.45) is 17.6 Å². The van der Waals surface area contributed by atoms with Crippen LogP contribution in [0, 0.1) is 11.8 Å². The first-order chi connectivity index (χ1) is 8.61. The van der Waals surface area contributed by atoms with Gasteiger partial charge in [0.05, 0.1) is 0 Å². The number of hydrogen-bond acceptors (Lipinski definition) is 3. The van der Waals surface area contributed by atoms with Gasteiger partial charge in [0, 0.05) is 38.3 Å². The fourth-order valence-electron chi connectivity index (χ4n) is 3.26. The van der Waals surface area contributed by atoms with Crippen LogP contribution in [0.5, 0.6) is 0 Å². The quantitative estimate of drug-likeness (QED) is 0.810. The van der Waals surface area contributed by atoms with Crippen LogP contribution < -0.4 is 5.73 Å². The van der Waals surface area contributed by atoms with Crippen LogP contribution in [-0.4, -0.2) is 43.2 Å². The average Bonchev–Trinajstić information content (AvgIpc) is 2.41. The Hall–Kier alpha value is -0.610. The van der Waals surface area contributed by atoms with E-state index < -0.39 is 0 Å². The Balaban J connectivity index is 1.96. The van der Waals surface area contributed by atoms with Crippen LogP contribution >= 0.6 is 0 Å². The first-order valence-corrected chi connectivity index (χ1v) is 7.21. The molecule has 1 saturated carbocycles.